The lowest BCUT2D eigenvalue weighted by atomic mass is 9.94. The van der Waals surface area contributed by atoms with Crippen LogP contribution < -0.4 is 21.1 Å². The lowest BCUT2D eigenvalue weighted by Crippen LogP contribution is -2.49. The lowest BCUT2D eigenvalue weighted by Gasteiger charge is -2.37. The number of pyridine rings is 1. The first-order valence-electron chi connectivity index (χ1n) is 21.6. The van der Waals surface area contributed by atoms with Gasteiger partial charge in [0.2, 0.25) is 5.91 Å². The van der Waals surface area contributed by atoms with E-state index < -0.39 is 0 Å². The molecular weight excluding hydrogens is 733 g/mol. The molecule has 0 radical (unpaired) electrons. The van der Waals surface area contributed by atoms with Crippen molar-refractivity contribution in [2.24, 2.45) is 0 Å². The number of H-pyrrole nitrogens is 1. The summed E-state index contributed by atoms with van der Waals surface area (Å²) in [6, 6.07) is 15.2. The van der Waals surface area contributed by atoms with Gasteiger partial charge in [-0.25, -0.2) is 0 Å². The Hall–Kier alpha value is -4.07. The number of ether oxygens (including phenoxy) is 3. The van der Waals surface area contributed by atoms with Gasteiger partial charge >= 0.3 is 0 Å². The number of aryl methyl sites for hydroxylation is 2. The van der Waals surface area contributed by atoms with Crippen molar-refractivity contribution >= 4 is 17.5 Å². The standard InChI is InChI=1S/C46H68N6O6/c1-6-22-56-26-27-57-23-10-8-9-17-47-44(53)33-51-20-18-50(19-21-51)32-37-11-13-38(14-12-37)39-29-41(45(54)48-31-42-34(3)28-35(4)49-46(42)55)36(5)43(30-39)52(7-2)40-15-24-58-25-16-40/h11-14,28-30,40H,6-10,15-27,31-33H2,1-5H3,(H,47,53)(H,48,54)(H,49,55). The molecule has 318 valence electrons. The molecule has 5 rings (SSSR count). The summed E-state index contributed by atoms with van der Waals surface area (Å²) >= 11 is 0. The van der Waals surface area contributed by atoms with E-state index >= 15 is 0 Å². The molecule has 3 N–H and O–H groups in total. The maximum absolute atomic E-state index is 13.9. The van der Waals surface area contributed by atoms with Crippen LogP contribution in [-0.2, 0) is 32.1 Å². The van der Waals surface area contributed by atoms with Gasteiger partial charge in [-0.3, -0.25) is 24.2 Å². The van der Waals surface area contributed by atoms with Gasteiger partial charge in [-0.15, -0.1) is 0 Å². The van der Waals surface area contributed by atoms with Gasteiger partial charge in [-0.05, 0) is 112 Å². The molecule has 12 heteroatoms. The number of benzene rings is 2. The number of aromatic nitrogens is 1. The van der Waals surface area contributed by atoms with Gasteiger partial charge in [0.05, 0.1) is 19.8 Å². The molecule has 0 aliphatic carbocycles. The number of amides is 2. The van der Waals surface area contributed by atoms with Crippen molar-refractivity contribution in [3.63, 3.8) is 0 Å². The average molecular weight is 801 g/mol. The third-order valence-corrected chi connectivity index (χ3v) is 11.4. The molecule has 3 heterocycles. The molecule has 0 spiro atoms. The molecule has 12 nitrogen and oxygen atoms in total. The van der Waals surface area contributed by atoms with E-state index in [1.807, 2.05) is 32.9 Å². The molecule has 58 heavy (non-hydrogen) atoms. The van der Waals surface area contributed by atoms with Crippen LogP contribution >= 0.6 is 0 Å². The van der Waals surface area contributed by atoms with Crippen molar-refractivity contribution in [1.29, 1.82) is 0 Å². The third kappa shape index (κ3) is 13.5. The van der Waals surface area contributed by atoms with Gasteiger partial charge in [0.25, 0.3) is 11.5 Å². The molecule has 2 aromatic carbocycles. The third-order valence-electron chi connectivity index (χ3n) is 11.4. The molecule has 2 saturated heterocycles. The summed E-state index contributed by atoms with van der Waals surface area (Å²) < 4.78 is 16.7. The number of nitrogens with one attached hydrogen (secondary N) is 3. The maximum Gasteiger partial charge on any atom is 0.253 e. The Bertz CT molecular complexity index is 1800. The van der Waals surface area contributed by atoms with Crippen molar-refractivity contribution in [3.05, 3.63) is 86.3 Å². The van der Waals surface area contributed by atoms with Gasteiger partial charge in [0, 0.05) is 107 Å². The van der Waals surface area contributed by atoms with Crippen molar-refractivity contribution in [3.8, 4) is 11.1 Å². The lowest BCUT2D eigenvalue weighted by molar-refractivity contribution is -0.122. The molecule has 0 saturated carbocycles. The van der Waals surface area contributed by atoms with E-state index in [2.05, 4.69) is 74.5 Å². The van der Waals surface area contributed by atoms with Gasteiger partial charge in [0.15, 0.2) is 0 Å². The summed E-state index contributed by atoms with van der Waals surface area (Å²) in [7, 11) is 0. The summed E-state index contributed by atoms with van der Waals surface area (Å²) in [5.41, 5.74) is 7.91. The minimum atomic E-state index is -0.197. The first-order valence-corrected chi connectivity index (χ1v) is 21.6. The normalized spacial score (nSPS) is 15.4. The summed E-state index contributed by atoms with van der Waals surface area (Å²) in [6.07, 6.45) is 5.90. The molecule has 1 aromatic heterocycles. The summed E-state index contributed by atoms with van der Waals surface area (Å²) in [5.74, 6) is -0.0999. The van der Waals surface area contributed by atoms with Crippen LogP contribution in [0.5, 0.6) is 0 Å². The van der Waals surface area contributed by atoms with E-state index in [1.165, 1.54) is 5.56 Å². The number of anilines is 1. The Morgan fingerprint density at radius 3 is 2.24 bits per heavy atom. The minimum absolute atomic E-state index is 0.0969. The summed E-state index contributed by atoms with van der Waals surface area (Å²) in [6.45, 7) is 20.9. The number of hydrogen-bond donors (Lipinski definition) is 3. The maximum atomic E-state index is 13.9. The van der Waals surface area contributed by atoms with E-state index in [4.69, 9.17) is 14.2 Å². The smallest absolute Gasteiger partial charge is 0.253 e. The number of piperazine rings is 1. The fourth-order valence-corrected chi connectivity index (χ4v) is 8.01. The van der Waals surface area contributed by atoms with E-state index in [1.54, 1.807) is 0 Å². The predicted octanol–water partition coefficient (Wildman–Crippen LogP) is 5.75. The van der Waals surface area contributed by atoms with E-state index in [0.29, 0.717) is 43.5 Å². The minimum Gasteiger partial charge on any atom is -0.381 e. The molecule has 3 aromatic rings. The Labute approximate surface area is 346 Å². The second-order valence-electron chi connectivity index (χ2n) is 15.8. The molecule has 2 fully saturated rings. The zero-order valence-corrected chi connectivity index (χ0v) is 35.8. The highest BCUT2D eigenvalue weighted by atomic mass is 16.5. The van der Waals surface area contributed by atoms with Crippen molar-refractivity contribution in [1.82, 2.24) is 25.4 Å². The van der Waals surface area contributed by atoms with Gasteiger partial charge in [0.1, 0.15) is 0 Å². The number of aromatic amines is 1. The topological polar surface area (TPSA) is 128 Å². The molecule has 2 aliphatic rings. The molecule has 0 atom stereocenters. The second-order valence-corrected chi connectivity index (χ2v) is 15.8. The number of rotatable bonds is 22. The van der Waals surface area contributed by atoms with Crippen LogP contribution in [0.2, 0.25) is 0 Å². The highest BCUT2D eigenvalue weighted by molar-refractivity contribution is 5.99. The number of carbonyl (C=O) groups excluding carboxylic acids is 2. The first-order chi connectivity index (χ1) is 28.2. The fraction of sp³-hybridized carbons (Fsp3) is 0.587. The zero-order valence-electron chi connectivity index (χ0n) is 35.8. The summed E-state index contributed by atoms with van der Waals surface area (Å²) in [4.78, 5) is 49.2. The van der Waals surface area contributed by atoms with Gasteiger partial charge in [-0.2, -0.15) is 0 Å². The second kappa shape index (κ2) is 23.5. The van der Waals surface area contributed by atoms with Crippen LogP contribution in [0.3, 0.4) is 0 Å². The van der Waals surface area contributed by atoms with E-state index in [-0.39, 0.29) is 23.9 Å². The Balaban J connectivity index is 1.15. The molecule has 2 aliphatic heterocycles. The molecular formula is C46H68N6O6. The Kier molecular flexibility index (Phi) is 18.2. The predicted molar refractivity (Wildman–Crippen MR) is 232 cm³/mol. The highest BCUT2D eigenvalue weighted by Gasteiger charge is 2.25. The number of carbonyl (C=O) groups is 2. The van der Waals surface area contributed by atoms with Crippen LogP contribution in [0.15, 0.2) is 47.3 Å². The van der Waals surface area contributed by atoms with Crippen LogP contribution in [0.25, 0.3) is 11.1 Å². The van der Waals surface area contributed by atoms with Crippen molar-refractivity contribution in [2.75, 3.05) is 90.4 Å². The SMILES string of the molecule is CCCOCCOCCCCCNC(=O)CN1CCN(Cc2ccc(-c3cc(C(=O)NCc4c(C)cc(C)[nH]c4=O)c(C)c(N(CC)C4CCOCC4)c3)cc2)CC1. The Morgan fingerprint density at radius 2 is 1.55 bits per heavy atom. The van der Waals surface area contributed by atoms with E-state index in [0.717, 1.165) is 138 Å². The van der Waals surface area contributed by atoms with Crippen LogP contribution in [0.1, 0.15) is 90.7 Å². The van der Waals surface area contributed by atoms with Crippen molar-refractivity contribution < 1.29 is 23.8 Å². The highest BCUT2D eigenvalue weighted by Crippen LogP contribution is 2.34. The van der Waals surface area contributed by atoms with Crippen LogP contribution in [-0.4, -0.2) is 118 Å². The largest absolute Gasteiger partial charge is 0.381 e. The van der Waals surface area contributed by atoms with Crippen molar-refractivity contribution in [2.45, 2.75) is 92.3 Å². The fourth-order valence-electron chi connectivity index (χ4n) is 8.01. The quantitative estimate of drug-likeness (QED) is 0.109. The number of hydrogen-bond acceptors (Lipinski definition) is 9. The molecule has 0 bridgehead atoms. The van der Waals surface area contributed by atoms with Crippen LogP contribution in [0, 0.1) is 20.8 Å². The number of nitrogens with zero attached hydrogens (tertiary/aromatic N) is 3. The van der Waals surface area contributed by atoms with Crippen LogP contribution in [0.4, 0.5) is 5.69 Å². The van der Waals surface area contributed by atoms with Gasteiger partial charge < -0.3 is 34.7 Å². The van der Waals surface area contributed by atoms with E-state index in [9.17, 15) is 14.4 Å². The molecule has 0 unspecified atom stereocenters. The molecule has 2 amide bonds. The summed E-state index contributed by atoms with van der Waals surface area (Å²) in [5, 5.41) is 6.14. The average Bonchev–Trinajstić information content (AvgIpc) is 3.22. The Morgan fingerprint density at radius 1 is 0.845 bits per heavy atom. The first kappa shape index (κ1) is 45.0. The zero-order chi connectivity index (χ0) is 41.3. The van der Waals surface area contributed by atoms with Gasteiger partial charge in [-0.1, -0.05) is 31.2 Å². The number of unbranched alkanes of at least 4 members (excludes halogenated alkanes) is 2. The monoisotopic (exact) mass is 801 g/mol.